The first-order valence-electron chi connectivity index (χ1n) is 8.21. The molecule has 0 heterocycles. The summed E-state index contributed by atoms with van der Waals surface area (Å²) in [4.78, 5) is 11.7. The molecule has 0 atom stereocenters. The first-order chi connectivity index (χ1) is 13.4. The van der Waals surface area contributed by atoms with Crippen LogP contribution in [0, 0.1) is 11.3 Å². The van der Waals surface area contributed by atoms with Crippen molar-refractivity contribution >= 4 is 27.4 Å². The number of rotatable bonds is 8. The smallest absolute Gasteiger partial charge is 0.350 e. The second kappa shape index (κ2) is 9.43. The molecule has 0 aliphatic heterocycles. The second-order valence-corrected chi connectivity index (χ2v) is 7.04. The number of esters is 1. The van der Waals surface area contributed by atoms with Crippen molar-refractivity contribution in [2.24, 2.45) is 0 Å². The SMILES string of the molecule is CCOC(=O)/C(C#N)=C/Nc1ccccc1NS(=O)(=O)c1ccc(OC)cc1. The molecule has 2 rings (SSSR count). The zero-order valence-electron chi connectivity index (χ0n) is 15.3. The predicted octanol–water partition coefficient (Wildman–Crippen LogP) is 2.88. The summed E-state index contributed by atoms with van der Waals surface area (Å²) in [6.45, 7) is 1.76. The van der Waals surface area contributed by atoms with Crippen LogP contribution < -0.4 is 14.8 Å². The molecule has 0 bridgehead atoms. The molecule has 0 aromatic heterocycles. The van der Waals surface area contributed by atoms with E-state index in [1.165, 1.54) is 25.4 Å². The quantitative estimate of drug-likeness (QED) is 0.397. The Bertz CT molecular complexity index is 1010. The van der Waals surface area contributed by atoms with Crippen LogP contribution in [0.3, 0.4) is 0 Å². The number of sulfonamides is 1. The fraction of sp³-hybridized carbons (Fsp3) is 0.158. The van der Waals surface area contributed by atoms with Gasteiger partial charge in [-0.1, -0.05) is 12.1 Å². The highest BCUT2D eigenvalue weighted by molar-refractivity contribution is 7.92. The minimum atomic E-state index is -3.85. The summed E-state index contributed by atoms with van der Waals surface area (Å²) in [5, 5.41) is 11.8. The van der Waals surface area contributed by atoms with Crippen molar-refractivity contribution < 1.29 is 22.7 Å². The van der Waals surface area contributed by atoms with Crippen LogP contribution in [0.1, 0.15) is 6.92 Å². The summed E-state index contributed by atoms with van der Waals surface area (Å²) in [7, 11) is -2.36. The summed E-state index contributed by atoms with van der Waals surface area (Å²) < 4.78 is 37.5. The van der Waals surface area contributed by atoms with Crippen LogP contribution >= 0.6 is 0 Å². The Morgan fingerprint density at radius 3 is 2.36 bits per heavy atom. The van der Waals surface area contributed by atoms with Crippen LogP contribution in [-0.2, 0) is 19.6 Å². The Morgan fingerprint density at radius 2 is 1.79 bits per heavy atom. The zero-order chi connectivity index (χ0) is 20.6. The molecule has 2 aromatic carbocycles. The Hall–Kier alpha value is -3.51. The molecule has 0 aliphatic carbocycles. The van der Waals surface area contributed by atoms with Gasteiger partial charge < -0.3 is 14.8 Å². The van der Waals surface area contributed by atoms with E-state index in [1.807, 2.05) is 0 Å². The van der Waals surface area contributed by atoms with E-state index in [0.29, 0.717) is 11.4 Å². The molecular formula is C19H19N3O5S. The number of methoxy groups -OCH3 is 1. The van der Waals surface area contributed by atoms with Gasteiger partial charge in [0.05, 0.1) is 30.0 Å². The van der Waals surface area contributed by atoms with Gasteiger partial charge >= 0.3 is 5.97 Å². The minimum Gasteiger partial charge on any atom is -0.497 e. The van der Waals surface area contributed by atoms with Crippen molar-refractivity contribution in [1.29, 1.82) is 5.26 Å². The Kier molecular flexibility index (Phi) is 7.01. The molecule has 0 aliphatic rings. The lowest BCUT2D eigenvalue weighted by Crippen LogP contribution is -2.14. The molecule has 2 N–H and O–H groups in total. The van der Waals surface area contributed by atoms with Crippen molar-refractivity contribution in [2.75, 3.05) is 23.8 Å². The van der Waals surface area contributed by atoms with Crippen LogP contribution in [0.25, 0.3) is 0 Å². The molecule has 0 radical (unpaired) electrons. The van der Waals surface area contributed by atoms with Gasteiger partial charge in [-0.2, -0.15) is 5.26 Å². The number of hydrogen-bond donors (Lipinski definition) is 2. The van der Waals surface area contributed by atoms with Crippen molar-refractivity contribution in [3.8, 4) is 11.8 Å². The van der Waals surface area contributed by atoms with Gasteiger partial charge in [0, 0.05) is 6.20 Å². The average Bonchev–Trinajstić information content (AvgIpc) is 2.69. The van der Waals surface area contributed by atoms with Crippen LogP contribution in [-0.4, -0.2) is 28.1 Å². The summed E-state index contributed by atoms with van der Waals surface area (Å²) in [5.74, 6) is -0.233. The number of nitriles is 1. The number of carbonyl (C=O) groups is 1. The van der Waals surface area contributed by atoms with Crippen molar-refractivity contribution in [3.63, 3.8) is 0 Å². The topological polar surface area (TPSA) is 118 Å². The van der Waals surface area contributed by atoms with Gasteiger partial charge in [0.1, 0.15) is 11.8 Å². The first kappa shape index (κ1) is 20.8. The van der Waals surface area contributed by atoms with Crippen LogP contribution in [0.5, 0.6) is 5.75 Å². The monoisotopic (exact) mass is 401 g/mol. The predicted molar refractivity (Wildman–Crippen MR) is 104 cm³/mol. The van der Waals surface area contributed by atoms with Gasteiger partial charge in [-0.05, 0) is 43.3 Å². The third-order valence-electron chi connectivity index (χ3n) is 3.53. The number of para-hydroxylation sites is 2. The van der Waals surface area contributed by atoms with Gasteiger partial charge in [-0.15, -0.1) is 0 Å². The summed E-state index contributed by atoms with van der Waals surface area (Å²) in [6.07, 6.45) is 1.17. The average molecular weight is 401 g/mol. The lowest BCUT2D eigenvalue weighted by Gasteiger charge is -2.13. The van der Waals surface area contributed by atoms with Crippen molar-refractivity contribution in [1.82, 2.24) is 0 Å². The lowest BCUT2D eigenvalue weighted by molar-refractivity contribution is -0.138. The van der Waals surface area contributed by atoms with Crippen molar-refractivity contribution in [3.05, 3.63) is 60.3 Å². The molecule has 2 aromatic rings. The number of anilines is 2. The normalized spacial score (nSPS) is 11.2. The number of benzene rings is 2. The highest BCUT2D eigenvalue weighted by Crippen LogP contribution is 2.25. The Balaban J connectivity index is 2.26. The maximum Gasteiger partial charge on any atom is 0.350 e. The fourth-order valence-electron chi connectivity index (χ4n) is 2.15. The third kappa shape index (κ3) is 5.25. The second-order valence-electron chi connectivity index (χ2n) is 5.36. The number of hydrogen-bond acceptors (Lipinski definition) is 7. The van der Waals surface area contributed by atoms with E-state index in [4.69, 9.17) is 14.7 Å². The van der Waals surface area contributed by atoms with E-state index in [9.17, 15) is 13.2 Å². The van der Waals surface area contributed by atoms with Crippen LogP contribution in [0.15, 0.2) is 65.2 Å². The summed E-state index contributed by atoms with van der Waals surface area (Å²) in [5.41, 5.74) is 0.363. The maximum atomic E-state index is 12.6. The highest BCUT2D eigenvalue weighted by atomic mass is 32.2. The molecular weight excluding hydrogens is 382 g/mol. The third-order valence-corrected chi connectivity index (χ3v) is 4.91. The molecule has 0 fully saturated rings. The zero-order valence-corrected chi connectivity index (χ0v) is 16.1. The molecule has 8 nitrogen and oxygen atoms in total. The van der Waals surface area contributed by atoms with E-state index >= 15 is 0 Å². The molecule has 28 heavy (non-hydrogen) atoms. The van der Waals surface area contributed by atoms with Crippen molar-refractivity contribution in [2.45, 2.75) is 11.8 Å². The van der Waals surface area contributed by atoms with Crippen LogP contribution in [0.4, 0.5) is 11.4 Å². The van der Waals surface area contributed by atoms with E-state index in [2.05, 4.69) is 10.0 Å². The van der Waals surface area contributed by atoms with Gasteiger partial charge in [-0.25, -0.2) is 13.2 Å². The fourth-order valence-corrected chi connectivity index (χ4v) is 3.23. The van der Waals surface area contributed by atoms with Gasteiger partial charge in [0.2, 0.25) is 0 Å². The lowest BCUT2D eigenvalue weighted by atomic mass is 10.2. The first-order valence-corrected chi connectivity index (χ1v) is 9.69. The summed E-state index contributed by atoms with van der Waals surface area (Å²) in [6, 6.07) is 14.1. The van der Waals surface area contributed by atoms with Gasteiger partial charge in [-0.3, -0.25) is 4.72 Å². The largest absolute Gasteiger partial charge is 0.497 e. The molecule has 9 heteroatoms. The molecule has 0 unspecified atom stereocenters. The highest BCUT2D eigenvalue weighted by Gasteiger charge is 2.16. The number of nitrogens with zero attached hydrogens (tertiary/aromatic N) is 1. The molecule has 146 valence electrons. The standard InChI is InChI=1S/C19H19N3O5S/c1-3-27-19(23)14(12-20)13-21-17-6-4-5-7-18(17)22-28(24,25)16-10-8-15(26-2)9-11-16/h4-11,13,21-22H,3H2,1-2H3/b14-13+. The number of nitrogens with one attached hydrogen (secondary N) is 2. The minimum absolute atomic E-state index is 0.0582. The molecule has 0 spiro atoms. The van der Waals surface area contributed by atoms with Gasteiger partial charge in [0.15, 0.2) is 5.57 Å². The molecule has 0 amide bonds. The number of carbonyl (C=O) groups excluding carboxylic acids is 1. The maximum absolute atomic E-state index is 12.6. The Morgan fingerprint density at radius 1 is 1.14 bits per heavy atom. The summed E-state index contributed by atoms with van der Waals surface area (Å²) >= 11 is 0. The van der Waals surface area contributed by atoms with E-state index in [1.54, 1.807) is 49.4 Å². The van der Waals surface area contributed by atoms with E-state index in [-0.39, 0.29) is 22.8 Å². The van der Waals surface area contributed by atoms with E-state index in [0.717, 1.165) is 0 Å². The van der Waals surface area contributed by atoms with Gasteiger partial charge in [0.25, 0.3) is 10.0 Å². The molecule has 0 saturated heterocycles. The Labute approximate surface area is 163 Å². The number of ether oxygens (including phenoxy) is 2. The van der Waals surface area contributed by atoms with E-state index < -0.39 is 16.0 Å². The van der Waals surface area contributed by atoms with Crippen LogP contribution in [0.2, 0.25) is 0 Å². The molecule has 0 saturated carbocycles.